The third kappa shape index (κ3) is 0.870. The second kappa shape index (κ2) is 2.06. The largest absolute Gasteiger partial charge is 0.300 e. The maximum atomic E-state index is 10.9. The van der Waals surface area contributed by atoms with Gasteiger partial charge in [0.25, 0.3) is 0 Å². The Kier molecular flexibility index (Phi) is 1.31. The molecule has 2 nitrogen and oxygen atoms in total. The maximum absolute atomic E-state index is 10.9. The van der Waals surface area contributed by atoms with Crippen molar-refractivity contribution in [2.24, 2.45) is 0 Å². The number of carbonyl (C=O) groups is 1. The summed E-state index contributed by atoms with van der Waals surface area (Å²) in [4.78, 5) is 10.9. The van der Waals surface area contributed by atoms with E-state index in [-0.39, 0.29) is 5.54 Å². The maximum Gasteiger partial charge on any atom is 0.134 e. The first-order valence-electron chi connectivity index (χ1n) is 4.01. The first-order chi connectivity index (χ1) is 4.81. The van der Waals surface area contributed by atoms with Crippen LogP contribution in [0, 0.1) is 0 Å². The number of rotatable bonds is 0. The number of hydrogen-bond donors (Lipinski definition) is 0. The van der Waals surface area contributed by atoms with Crippen LogP contribution in [-0.4, -0.2) is 17.9 Å². The predicted molar refractivity (Wildman–Crippen MR) is 37.8 cm³/mol. The second-order valence-electron chi connectivity index (χ2n) is 3.43. The summed E-state index contributed by atoms with van der Waals surface area (Å²) in [7, 11) is 0. The van der Waals surface area contributed by atoms with Crippen LogP contribution in [0.1, 0.15) is 32.1 Å². The molecule has 1 radical (unpaired) electrons. The van der Waals surface area contributed by atoms with Crippen LogP contribution in [0.2, 0.25) is 0 Å². The van der Waals surface area contributed by atoms with Crippen molar-refractivity contribution in [3.05, 3.63) is 0 Å². The highest BCUT2D eigenvalue weighted by atomic mass is 16.1. The zero-order valence-electron chi connectivity index (χ0n) is 6.10. The molecule has 1 heterocycles. The van der Waals surface area contributed by atoms with Gasteiger partial charge < -0.3 is 0 Å². The molecule has 2 rings (SSSR count). The molecule has 2 aliphatic rings. The van der Waals surface area contributed by atoms with Gasteiger partial charge in [-0.2, -0.15) is 0 Å². The highest BCUT2D eigenvalue weighted by molar-refractivity contribution is 5.82. The highest BCUT2D eigenvalue weighted by Gasteiger charge is 2.41. The summed E-state index contributed by atoms with van der Waals surface area (Å²) in [5, 5.41) is 4.50. The smallest absolute Gasteiger partial charge is 0.134 e. The summed E-state index contributed by atoms with van der Waals surface area (Å²) < 4.78 is 0. The first-order valence-corrected chi connectivity index (χ1v) is 4.01. The normalized spacial score (nSPS) is 39.8. The zero-order chi connectivity index (χ0) is 7.03. The molecule has 0 bridgehead atoms. The van der Waals surface area contributed by atoms with Crippen molar-refractivity contribution in [1.82, 2.24) is 5.32 Å². The van der Waals surface area contributed by atoms with Crippen LogP contribution >= 0.6 is 0 Å². The summed E-state index contributed by atoms with van der Waals surface area (Å²) >= 11 is 0. The van der Waals surface area contributed by atoms with Crippen molar-refractivity contribution < 1.29 is 4.79 Å². The molecular weight excluding hydrogens is 126 g/mol. The van der Waals surface area contributed by atoms with Crippen LogP contribution in [0.5, 0.6) is 0 Å². The molecule has 1 saturated heterocycles. The lowest BCUT2D eigenvalue weighted by Crippen LogP contribution is -2.30. The SMILES string of the molecule is O=C1CCC2(CCC[N]2)C1. The van der Waals surface area contributed by atoms with Crippen molar-refractivity contribution in [2.45, 2.75) is 37.6 Å². The van der Waals surface area contributed by atoms with Crippen LogP contribution in [0.25, 0.3) is 0 Å². The van der Waals surface area contributed by atoms with E-state index in [1.807, 2.05) is 0 Å². The Morgan fingerprint density at radius 1 is 1.40 bits per heavy atom. The Morgan fingerprint density at radius 2 is 2.30 bits per heavy atom. The molecule has 0 amide bonds. The molecule has 1 aliphatic heterocycles. The van der Waals surface area contributed by atoms with Gasteiger partial charge in [-0.15, -0.1) is 0 Å². The summed E-state index contributed by atoms with van der Waals surface area (Å²) in [6.07, 6.45) is 4.92. The number of nitrogens with zero attached hydrogens (tertiary/aromatic N) is 1. The van der Waals surface area contributed by atoms with Crippen LogP contribution in [-0.2, 0) is 4.79 Å². The van der Waals surface area contributed by atoms with Crippen molar-refractivity contribution in [3.8, 4) is 0 Å². The lowest BCUT2D eigenvalue weighted by atomic mass is 9.96. The van der Waals surface area contributed by atoms with Crippen molar-refractivity contribution >= 4 is 5.78 Å². The quantitative estimate of drug-likeness (QED) is 0.488. The zero-order valence-corrected chi connectivity index (χ0v) is 6.10. The average molecular weight is 138 g/mol. The van der Waals surface area contributed by atoms with E-state index in [1.165, 1.54) is 12.8 Å². The summed E-state index contributed by atoms with van der Waals surface area (Å²) in [5.41, 5.74) is 0.136. The molecule has 1 aliphatic carbocycles. The molecule has 10 heavy (non-hydrogen) atoms. The molecule has 55 valence electrons. The van der Waals surface area contributed by atoms with E-state index >= 15 is 0 Å². The van der Waals surface area contributed by atoms with E-state index in [4.69, 9.17) is 0 Å². The number of Topliss-reactive ketones (excluding diaryl/α,β-unsaturated/α-hetero) is 1. The molecule has 2 fully saturated rings. The Balaban J connectivity index is 2.09. The Labute approximate surface area is 61.0 Å². The van der Waals surface area contributed by atoms with Gasteiger partial charge >= 0.3 is 0 Å². The molecule has 1 saturated carbocycles. The molecule has 2 heteroatoms. The predicted octanol–water partition coefficient (Wildman–Crippen LogP) is 0.876. The van der Waals surface area contributed by atoms with Gasteiger partial charge in [-0.1, -0.05) is 0 Å². The molecule has 0 N–H and O–H groups in total. The lowest BCUT2D eigenvalue weighted by molar-refractivity contribution is -0.117. The summed E-state index contributed by atoms with van der Waals surface area (Å²) in [6, 6.07) is 0. The average Bonchev–Trinajstić information content (AvgIpc) is 2.46. The van der Waals surface area contributed by atoms with Gasteiger partial charge in [-0.05, 0) is 19.3 Å². The third-order valence-corrected chi connectivity index (χ3v) is 2.64. The summed E-state index contributed by atoms with van der Waals surface area (Å²) in [5.74, 6) is 0.422. The van der Waals surface area contributed by atoms with Gasteiger partial charge in [0.2, 0.25) is 0 Å². The van der Waals surface area contributed by atoms with E-state index < -0.39 is 0 Å². The molecule has 0 aromatic carbocycles. The minimum Gasteiger partial charge on any atom is -0.300 e. The Morgan fingerprint density at radius 3 is 2.80 bits per heavy atom. The van der Waals surface area contributed by atoms with Gasteiger partial charge in [-0.25, -0.2) is 5.32 Å². The van der Waals surface area contributed by atoms with E-state index in [0.717, 1.165) is 25.8 Å². The molecule has 1 unspecified atom stereocenters. The number of ketones is 1. The summed E-state index contributed by atoms with van der Waals surface area (Å²) in [6.45, 7) is 0.993. The topological polar surface area (TPSA) is 31.2 Å². The van der Waals surface area contributed by atoms with E-state index in [2.05, 4.69) is 5.32 Å². The standard InChI is InChI=1S/C8H12NO/c10-7-2-4-8(6-7)3-1-5-9-8/h1-6H2. The molecule has 1 spiro atoms. The van der Waals surface area contributed by atoms with Crippen LogP contribution in [0.4, 0.5) is 0 Å². The first kappa shape index (κ1) is 6.35. The fourth-order valence-corrected chi connectivity index (χ4v) is 2.07. The van der Waals surface area contributed by atoms with E-state index in [1.54, 1.807) is 0 Å². The number of hydrogen-bond acceptors (Lipinski definition) is 1. The van der Waals surface area contributed by atoms with Crippen LogP contribution < -0.4 is 5.32 Å². The monoisotopic (exact) mass is 138 g/mol. The van der Waals surface area contributed by atoms with Crippen LogP contribution in [0.3, 0.4) is 0 Å². The second-order valence-corrected chi connectivity index (χ2v) is 3.43. The highest BCUT2D eigenvalue weighted by Crippen LogP contribution is 2.35. The Bertz CT molecular complexity index is 159. The minimum atomic E-state index is 0.136. The fraction of sp³-hybridized carbons (Fsp3) is 0.875. The van der Waals surface area contributed by atoms with Gasteiger partial charge in [0.1, 0.15) is 5.78 Å². The van der Waals surface area contributed by atoms with Crippen molar-refractivity contribution in [3.63, 3.8) is 0 Å². The molecule has 0 aromatic rings. The van der Waals surface area contributed by atoms with Crippen molar-refractivity contribution in [1.29, 1.82) is 0 Å². The minimum absolute atomic E-state index is 0.136. The molecule has 1 atom stereocenters. The van der Waals surface area contributed by atoms with Crippen molar-refractivity contribution in [2.75, 3.05) is 6.54 Å². The number of carbonyl (C=O) groups excluding carboxylic acids is 1. The van der Waals surface area contributed by atoms with Gasteiger partial charge in [0.05, 0.1) is 0 Å². The third-order valence-electron chi connectivity index (χ3n) is 2.64. The van der Waals surface area contributed by atoms with E-state index in [0.29, 0.717) is 5.78 Å². The van der Waals surface area contributed by atoms with Crippen LogP contribution in [0.15, 0.2) is 0 Å². The molecular formula is C8H12NO. The molecule has 0 aromatic heterocycles. The Hall–Kier alpha value is -0.370. The lowest BCUT2D eigenvalue weighted by Gasteiger charge is -2.18. The fourth-order valence-electron chi connectivity index (χ4n) is 2.07. The van der Waals surface area contributed by atoms with Gasteiger partial charge in [-0.3, -0.25) is 4.79 Å². The van der Waals surface area contributed by atoms with E-state index in [9.17, 15) is 4.79 Å². The van der Waals surface area contributed by atoms with Gasteiger partial charge in [0, 0.05) is 24.9 Å². The van der Waals surface area contributed by atoms with Gasteiger partial charge in [0.15, 0.2) is 0 Å².